The molecule has 0 aromatic carbocycles. The van der Waals surface area contributed by atoms with Gasteiger partial charge in [0.25, 0.3) is 0 Å². The molecule has 20 heavy (non-hydrogen) atoms. The second-order valence-corrected chi connectivity index (χ2v) is 6.47. The second kappa shape index (κ2) is 8.63. The third-order valence-corrected chi connectivity index (χ3v) is 4.56. The third kappa shape index (κ3) is 5.41. The monoisotopic (exact) mass is 283 g/mol. The van der Waals surface area contributed by atoms with Crippen molar-refractivity contribution < 1.29 is 4.79 Å². The number of carbonyl (C=O) groups excluding carboxylic acids is 1. The van der Waals surface area contributed by atoms with Gasteiger partial charge < -0.3 is 10.2 Å². The van der Waals surface area contributed by atoms with Gasteiger partial charge in [-0.15, -0.1) is 0 Å². The van der Waals surface area contributed by atoms with Crippen molar-refractivity contribution in [2.75, 3.05) is 27.2 Å². The van der Waals surface area contributed by atoms with Crippen molar-refractivity contribution in [3.05, 3.63) is 0 Å². The summed E-state index contributed by atoms with van der Waals surface area (Å²) in [4.78, 5) is 16.2. The van der Waals surface area contributed by atoms with Gasteiger partial charge in [0.15, 0.2) is 0 Å². The quantitative estimate of drug-likeness (QED) is 0.777. The Morgan fingerprint density at radius 3 is 2.30 bits per heavy atom. The van der Waals surface area contributed by atoms with E-state index in [1.165, 1.54) is 32.1 Å². The first-order valence-electron chi connectivity index (χ1n) is 8.15. The lowest BCUT2D eigenvalue weighted by molar-refractivity contribution is -0.132. The molecule has 0 aliphatic heterocycles. The SMILES string of the molecule is CCCNC1CCC(N(C)CC(=O)N(C)C(C)C)CC1. The summed E-state index contributed by atoms with van der Waals surface area (Å²) in [6.45, 7) is 8.00. The van der Waals surface area contributed by atoms with Crippen molar-refractivity contribution in [3.63, 3.8) is 0 Å². The topological polar surface area (TPSA) is 35.6 Å². The molecule has 0 unspecified atom stereocenters. The highest BCUT2D eigenvalue weighted by Gasteiger charge is 2.25. The maximum absolute atomic E-state index is 12.1. The number of hydrogen-bond donors (Lipinski definition) is 1. The van der Waals surface area contributed by atoms with Gasteiger partial charge in [0, 0.05) is 25.2 Å². The zero-order chi connectivity index (χ0) is 15.1. The van der Waals surface area contributed by atoms with Crippen LogP contribution in [0.4, 0.5) is 0 Å². The number of nitrogens with one attached hydrogen (secondary N) is 1. The molecule has 0 heterocycles. The van der Waals surface area contributed by atoms with Gasteiger partial charge in [-0.25, -0.2) is 0 Å². The smallest absolute Gasteiger partial charge is 0.236 e. The molecule has 0 atom stereocenters. The minimum Gasteiger partial charge on any atom is -0.342 e. The molecule has 1 fully saturated rings. The first-order valence-corrected chi connectivity index (χ1v) is 8.15. The van der Waals surface area contributed by atoms with Crippen LogP contribution in [0, 0.1) is 0 Å². The highest BCUT2D eigenvalue weighted by molar-refractivity contribution is 5.78. The van der Waals surface area contributed by atoms with Crippen molar-refractivity contribution in [1.82, 2.24) is 15.1 Å². The highest BCUT2D eigenvalue weighted by atomic mass is 16.2. The first kappa shape index (κ1) is 17.4. The van der Waals surface area contributed by atoms with E-state index in [0.717, 1.165) is 6.54 Å². The Morgan fingerprint density at radius 1 is 1.20 bits per heavy atom. The molecule has 0 aromatic heterocycles. The highest BCUT2D eigenvalue weighted by Crippen LogP contribution is 2.22. The van der Waals surface area contributed by atoms with E-state index in [4.69, 9.17) is 0 Å². The van der Waals surface area contributed by atoms with E-state index < -0.39 is 0 Å². The summed E-state index contributed by atoms with van der Waals surface area (Å²) in [5.41, 5.74) is 0. The van der Waals surface area contributed by atoms with Crippen molar-refractivity contribution >= 4 is 5.91 Å². The molecule has 0 spiro atoms. The summed E-state index contributed by atoms with van der Waals surface area (Å²) >= 11 is 0. The summed E-state index contributed by atoms with van der Waals surface area (Å²) < 4.78 is 0. The van der Waals surface area contributed by atoms with Crippen LogP contribution in [0.1, 0.15) is 52.9 Å². The molecule has 118 valence electrons. The van der Waals surface area contributed by atoms with Gasteiger partial charge in [0.05, 0.1) is 6.54 Å². The van der Waals surface area contributed by atoms with Crippen molar-refractivity contribution in [3.8, 4) is 0 Å². The molecule has 0 radical (unpaired) electrons. The minimum absolute atomic E-state index is 0.230. The molecule has 4 heteroatoms. The normalized spacial score (nSPS) is 23.4. The Bertz CT molecular complexity index is 285. The Balaban J connectivity index is 2.32. The van der Waals surface area contributed by atoms with E-state index in [-0.39, 0.29) is 11.9 Å². The fourth-order valence-corrected chi connectivity index (χ4v) is 2.81. The summed E-state index contributed by atoms with van der Waals surface area (Å²) in [5.74, 6) is 0.230. The van der Waals surface area contributed by atoms with E-state index >= 15 is 0 Å². The predicted molar refractivity (Wildman–Crippen MR) is 84.9 cm³/mol. The van der Waals surface area contributed by atoms with Crippen molar-refractivity contribution in [2.45, 2.75) is 71.0 Å². The lowest BCUT2D eigenvalue weighted by Gasteiger charge is -2.35. The summed E-state index contributed by atoms with van der Waals surface area (Å²) in [7, 11) is 3.99. The molecule has 1 rings (SSSR count). The van der Waals surface area contributed by atoms with Crippen LogP contribution < -0.4 is 5.32 Å². The molecule has 1 aliphatic carbocycles. The number of nitrogens with zero attached hydrogens (tertiary/aromatic N) is 2. The van der Waals surface area contributed by atoms with Gasteiger partial charge in [0.2, 0.25) is 5.91 Å². The number of hydrogen-bond acceptors (Lipinski definition) is 3. The maximum Gasteiger partial charge on any atom is 0.236 e. The van der Waals surface area contributed by atoms with Gasteiger partial charge in [-0.2, -0.15) is 0 Å². The zero-order valence-corrected chi connectivity index (χ0v) is 14.0. The molecular weight excluding hydrogens is 250 g/mol. The number of carbonyl (C=O) groups is 1. The van der Waals surface area contributed by atoms with E-state index in [0.29, 0.717) is 18.6 Å². The zero-order valence-electron chi connectivity index (χ0n) is 14.0. The molecule has 1 aliphatic rings. The van der Waals surface area contributed by atoms with Crippen LogP contribution in [0.2, 0.25) is 0 Å². The van der Waals surface area contributed by atoms with Crippen molar-refractivity contribution in [2.24, 2.45) is 0 Å². The maximum atomic E-state index is 12.1. The van der Waals surface area contributed by atoms with Crippen LogP contribution in [0.25, 0.3) is 0 Å². The average molecular weight is 283 g/mol. The Hall–Kier alpha value is -0.610. The van der Waals surface area contributed by atoms with E-state index in [1.54, 1.807) is 0 Å². The summed E-state index contributed by atoms with van der Waals surface area (Å²) in [6.07, 6.45) is 6.09. The standard InChI is InChI=1S/C16H33N3O/c1-6-11-17-14-7-9-15(10-8-14)18(4)12-16(20)19(5)13(2)3/h13-15,17H,6-12H2,1-5H3. The van der Waals surface area contributed by atoms with Gasteiger partial charge in [-0.05, 0) is 59.5 Å². The van der Waals surface area contributed by atoms with Gasteiger partial charge in [0.1, 0.15) is 0 Å². The van der Waals surface area contributed by atoms with Crippen LogP contribution >= 0.6 is 0 Å². The second-order valence-electron chi connectivity index (χ2n) is 6.47. The summed E-state index contributed by atoms with van der Waals surface area (Å²) in [6, 6.07) is 1.54. The lowest BCUT2D eigenvalue weighted by Crippen LogP contribution is -2.46. The predicted octanol–water partition coefficient (Wildman–Crippen LogP) is 2.10. The molecule has 0 bridgehead atoms. The fourth-order valence-electron chi connectivity index (χ4n) is 2.81. The first-order chi connectivity index (χ1) is 9.45. The number of amides is 1. The average Bonchev–Trinajstić information content (AvgIpc) is 2.44. The Kier molecular flexibility index (Phi) is 7.52. The summed E-state index contributed by atoms with van der Waals surface area (Å²) in [5, 5.41) is 3.61. The fraction of sp³-hybridized carbons (Fsp3) is 0.938. The lowest BCUT2D eigenvalue weighted by atomic mass is 9.90. The Morgan fingerprint density at radius 2 is 1.80 bits per heavy atom. The molecule has 1 N–H and O–H groups in total. The van der Waals surface area contributed by atoms with E-state index in [2.05, 4.69) is 38.0 Å². The number of rotatable bonds is 7. The van der Waals surface area contributed by atoms with Gasteiger partial charge >= 0.3 is 0 Å². The molecule has 4 nitrogen and oxygen atoms in total. The van der Waals surface area contributed by atoms with Crippen LogP contribution in [0.15, 0.2) is 0 Å². The van der Waals surface area contributed by atoms with Crippen molar-refractivity contribution in [1.29, 1.82) is 0 Å². The molecule has 1 saturated carbocycles. The third-order valence-electron chi connectivity index (χ3n) is 4.56. The van der Waals surface area contributed by atoms with Crippen LogP contribution in [0.5, 0.6) is 0 Å². The molecular formula is C16H33N3O. The van der Waals surface area contributed by atoms with E-state index in [1.807, 2.05) is 11.9 Å². The molecule has 0 saturated heterocycles. The van der Waals surface area contributed by atoms with Gasteiger partial charge in [-0.3, -0.25) is 9.69 Å². The molecule has 1 amide bonds. The van der Waals surface area contributed by atoms with Crippen LogP contribution in [0.3, 0.4) is 0 Å². The van der Waals surface area contributed by atoms with Gasteiger partial charge in [-0.1, -0.05) is 6.92 Å². The number of likely N-dealkylation sites (N-methyl/N-ethyl adjacent to an activating group) is 2. The molecule has 0 aromatic rings. The minimum atomic E-state index is 0.230. The van der Waals surface area contributed by atoms with Crippen LogP contribution in [-0.4, -0.2) is 61.0 Å². The van der Waals surface area contributed by atoms with Crippen LogP contribution in [-0.2, 0) is 4.79 Å². The Labute approximate surface area is 124 Å². The largest absolute Gasteiger partial charge is 0.342 e. The van der Waals surface area contributed by atoms with E-state index in [9.17, 15) is 4.79 Å².